The van der Waals surface area contributed by atoms with E-state index < -0.39 is 15.7 Å². The summed E-state index contributed by atoms with van der Waals surface area (Å²) in [5.41, 5.74) is 6.13. The van der Waals surface area contributed by atoms with Crippen molar-refractivity contribution in [3.63, 3.8) is 0 Å². The highest BCUT2D eigenvalue weighted by Crippen LogP contribution is 2.18. The summed E-state index contributed by atoms with van der Waals surface area (Å²) in [5.74, 6) is 0.406. The van der Waals surface area contributed by atoms with Gasteiger partial charge in [0, 0.05) is 40.0 Å². The molecule has 0 aliphatic carbocycles. The van der Waals surface area contributed by atoms with Gasteiger partial charge in [-0.2, -0.15) is 0 Å². The molecule has 0 aliphatic rings. The van der Waals surface area contributed by atoms with Crippen LogP contribution >= 0.6 is 0 Å². The van der Waals surface area contributed by atoms with E-state index in [1.165, 1.54) is 6.07 Å². The Hall–Kier alpha value is -1.27. The van der Waals surface area contributed by atoms with Crippen molar-refractivity contribution in [1.82, 2.24) is 0 Å². The average molecular weight is 256 g/mol. The van der Waals surface area contributed by atoms with Crippen molar-refractivity contribution >= 4 is 16.5 Å². The lowest BCUT2D eigenvalue weighted by molar-refractivity contribution is -0.385. The quantitative estimate of drug-likeness (QED) is 0.612. The van der Waals surface area contributed by atoms with E-state index in [9.17, 15) is 14.3 Å². The third-order valence-corrected chi connectivity index (χ3v) is 4.24. The first kappa shape index (κ1) is 13.8. The molecule has 1 aromatic carbocycles. The summed E-state index contributed by atoms with van der Waals surface area (Å²) in [6.07, 6.45) is 0.439. The number of nitro benzene ring substituents is 1. The Balaban J connectivity index is 2.69. The van der Waals surface area contributed by atoms with Gasteiger partial charge in [0.05, 0.1) is 4.92 Å². The molecule has 6 heteroatoms. The SMILES string of the molecule is CC(CN)S(=O)CCc1ccccc1[N+](=O)[O-]. The maximum Gasteiger partial charge on any atom is 0.272 e. The van der Waals surface area contributed by atoms with Gasteiger partial charge in [0.15, 0.2) is 0 Å². The molecule has 5 nitrogen and oxygen atoms in total. The van der Waals surface area contributed by atoms with Crippen molar-refractivity contribution in [3.8, 4) is 0 Å². The van der Waals surface area contributed by atoms with Crippen LogP contribution < -0.4 is 5.73 Å². The van der Waals surface area contributed by atoms with Crippen LogP contribution in [0.2, 0.25) is 0 Å². The molecule has 0 saturated carbocycles. The minimum atomic E-state index is -1.03. The number of nitro groups is 1. The van der Waals surface area contributed by atoms with Crippen LogP contribution in [0.15, 0.2) is 24.3 Å². The van der Waals surface area contributed by atoms with Crippen molar-refractivity contribution in [3.05, 3.63) is 39.9 Å². The molecule has 0 aliphatic heterocycles. The van der Waals surface area contributed by atoms with E-state index in [0.29, 0.717) is 24.3 Å². The molecule has 2 atom stereocenters. The summed E-state index contributed by atoms with van der Waals surface area (Å²) in [6, 6.07) is 6.53. The fraction of sp³-hybridized carbons (Fsp3) is 0.455. The highest BCUT2D eigenvalue weighted by molar-refractivity contribution is 7.85. The molecule has 2 unspecified atom stereocenters. The first-order valence-electron chi connectivity index (χ1n) is 5.35. The van der Waals surface area contributed by atoms with Crippen molar-refractivity contribution < 1.29 is 9.13 Å². The lowest BCUT2D eigenvalue weighted by atomic mass is 10.1. The summed E-state index contributed by atoms with van der Waals surface area (Å²) in [7, 11) is -1.03. The summed E-state index contributed by atoms with van der Waals surface area (Å²) >= 11 is 0. The van der Waals surface area contributed by atoms with E-state index in [1.807, 2.05) is 6.92 Å². The van der Waals surface area contributed by atoms with E-state index in [1.54, 1.807) is 18.2 Å². The third-order valence-electron chi connectivity index (χ3n) is 2.54. The number of nitrogens with zero attached hydrogens (tertiary/aromatic N) is 1. The molecule has 1 aromatic rings. The molecular weight excluding hydrogens is 240 g/mol. The Bertz CT molecular complexity index is 423. The molecule has 2 N–H and O–H groups in total. The van der Waals surface area contributed by atoms with E-state index in [-0.39, 0.29) is 10.9 Å². The minimum absolute atomic E-state index is 0.0715. The number of para-hydroxylation sites is 1. The summed E-state index contributed by atoms with van der Waals surface area (Å²) in [4.78, 5) is 10.4. The van der Waals surface area contributed by atoms with Crippen LogP contribution in [-0.2, 0) is 17.2 Å². The molecule has 0 radical (unpaired) electrons. The number of hydrogen-bond acceptors (Lipinski definition) is 4. The topological polar surface area (TPSA) is 86.2 Å². The number of benzene rings is 1. The predicted molar refractivity (Wildman–Crippen MR) is 68.3 cm³/mol. The minimum Gasteiger partial charge on any atom is -0.329 e. The summed E-state index contributed by atoms with van der Waals surface area (Å²) in [5, 5.41) is 10.7. The Labute approximate surface area is 103 Å². The van der Waals surface area contributed by atoms with Crippen LogP contribution in [0.5, 0.6) is 0 Å². The maximum absolute atomic E-state index is 11.7. The van der Waals surface area contributed by atoms with E-state index in [2.05, 4.69) is 0 Å². The second-order valence-electron chi connectivity index (χ2n) is 3.77. The number of aryl methyl sites for hydroxylation is 1. The number of nitrogens with two attached hydrogens (primary N) is 1. The van der Waals surface area contributed by atoms with Gasteiger partial charge in [-0.25, -0.2) is 0 Å². The summed E-state index contributed by atoms with van der Waals surface area (Å²) in [6.45, 7) is 2.18. The molecule has 1 rings (SSSR count). The Kier molecular flexibility index (Phi) is 5.24. The fourth-order valence-electron chi connectivity index (χ4n) is 1.42. The van der Waals surface area contributed by atoms with Crippen molar-refractivity contribution in [1.29, 1.82) is 0 Å². The molecule has 0 amide bonds. The van der Waals surface area contributed by atoms with Gasteiger partial charge in [0.1, 0.15) is 0 Å². The second-order valence-corrected chi connectivity index (χ2v) is 5.74. The lowest BCUT2D eigenvalue weighted by Crippen LogP contribution is -2.24. The van der Waals surface area contributed by atoms with Crippen LogP contribution in [-0.4, -0.2) is 26.7 Å². The van der Waals surface area contributed by atoms with Gasteiger partial charge in [-0.15, -0.1) is 0 Å². The van der Waals surface area contributed by atoms with Gasteiger partial charge in [-0.1, -0.05) is 18.2 Å². The highest BCUT2D eigenvalue weighted by Gasteiger charge is 2.14. The molecule has 0 aromatic heterocycles. The highest BCUT2D eigenvalue weighted by atomic mass is 32.2. The van der Waals surface area contributed by atoms with Crippen LogP contribution in [0, 0.1) is 10.1 Å². The number of rotatable bonds is 6. The zero-order valence-corrected chi connectivity index (χ0v) is 10.5. The first-order chi connectivity index (χ1) is 8.06. The predicted octanol–water partition coefficient (Wildman–Crippen LogP) is 1.23. The fourth-order valence-corrected chi connectivity index (χ4v) is 2.46. The van der Waals surface area contributed by atoms with Gasteiger partial charge in [-0.3, -0.25) is 14.3 Å². The molecule has 0 spiro atoms. The molecule has 17 heavy (non-hydrogen) atoms. The molecule has 94 valence electrons. The van der Waals surface area contributed by atoms with Gasteiger partial charge < -0.3 is 5.73 Å². The van der Waals surface area contributed by atoms with Crippen LogP contribution in [0.3, 0.4) is 0 Å². The largest absolute Gasteiger partial charge is 0.329 e. The molecule has 0 saturated heterocycles. The smallest absolute Gasteiger partial charge is 0.272 e. The first-order valence-corrected chi connectivity index (χ1v) is 6.74. The van der Waals surface area contributed by atoms with Crippen molar-refractivity contribution in [2.45, 2.75) is 18.6 Å². The van der Waals surface area contributed by atoms with Gasteiger partial charge in [-0.05, 0) is 13.3 Å². The van der Waals surface area contributed by atoms with Gasteiger partial charge in [0.2, 0.25) is 0 Å². The molecule has 0 bridgehead atoms. The average Bonchev–Trinajstić information content (AvgIpc) is 2.35. The van der Waals surface area contributed by atoms with E-state index in [4.69, 9.17) is 5.73 Å². The standard InChI is InChI=1S/C11H16N2O3S/c1-9(8-12)17(16)7-6-10-4-2-3-5-11(10)13(14)15/h2-5,9H,6-8,12H2,1H3. The van der Waals surface area contributed by atoms with Crippen molar-refractivity contribution in [2.24, 2.45) is 5.73 Å². The summed E-state index contributed by atoms with van der Waals surface area (Å²) < 4.78 is 11.7. The maximum atomic E-state index is 11.7. The van der Waals surface area contributed by atoms with Crippen LogP contribution in [0.25, 0.3) is 0 Å². The normalized spacial score (nSPS) is 14.2. The molecule has 0 heterocycles. The lowest BCUT2D eigenvalue weighted by Gasteiger charge is -2.08. The Morgan fingerprint density at radius 3 is 2.71 bits per heavy atom. The van der Waals surface area contributed by atoms with Crippen LogP contribution in [0.1, 0.15) is 12.5 Å². The zero-order valence-electron chi connectivity index (χ0n) is 9.67. The Morgan fingerprint density at radius 2 is 2.12 bits per heavy atom. The molecular formula is C11H16N2O3S. The molecule has 0 fully saturated rings. The third kappa shape index (κ3) is 3.90. The van der Waals surface area contributed by atoms with E-state index >= 15 is 0 Å². The van der Waals surface area contributed by atoms with Gasteiger partial charge in [0.25, 0.3) is 5.69 Å². The van der Waals surface area contributed by atoms with E-state index in [0.717, 1.165) is 0 Å². The zero-order chi connectivity index (χ0) is 12.8. The number of hydrogen-bond donors (Lipinski definition) is 1. The van der Waals surface area contributed by atoms with Gasteiger partial charge >= 0.3 is 0 Å². The Morgan fingerprint density at radius 1 is 1.47 bits per heavy atom. The monoisotopic (exact) mass is 256 g/mol. The van der Waals surface area contributed by atoms with Crippen LogP contribution in [0.4, 0.5) is 5.69 Å². The second kappa shape index (κ2) is 6.46. The van der Waals surface area contributed by atoms with Crippen molar-refractivity contribution in [2.75, 3.05) is 12.3 Å².